The van der Waals surface area contributed by atoms with E-state index in [0.29, 0.717) is 0 Å². The molecule has 0 aliphatic carbocycles. The summed E-state index contributed by atoms with van der Waals surface area (Å²) >= 11 is 0.937. The van der Waals surface area contributed by atoms with Crippen LogP contribution in [0.3, 0.4) is 0 Å². The minimum Gasteiger partial charge on any atom is -0.493 e. The second-order valence-corrected chi connectivity index (χ2v) is 8.37. The fraction of sp³-hybridized carbons (Fsp3) is 0.300. The fourth-order valence-corrected chi connectivity index (χ4v) is 5.41. The molecule has 2 aromatic rings. The van der Waals surface area contributed by atoms with Gasteiger partial charge < -0.3 is 4.74 Å². The molecule has 162 valence electrons. The van der Waals surface area contributed by atoms with Crippen molar-refractivity contribution in [2.75, 3.05) is 13.2 Å². The number of carbonyl (C=O) groups excluding carboxylic acids is 1. The Morgan fingerprint density at radius 1 is 1.29 bits per heavy atom. The highest BCUT2D eigenvalue weighted by Gasteiger charge is 2.57. The van der Waals surface area contributed by atoms with Crippen molar-refractivity contribution in [2.45, 2.75) is 18.2 Å². The molecule has 7 nitrogen and oxygen atoms in total. The second-order valence-electron chi connectivity index (χ2n) is 7.15. The van der Waals surface area contributed by atoms with Crippen LogP contribution >= 0.6 is 11.8 Å². The van der Waals surface area contributed by atoms with Gasteiger partial charge in [0.15, 0.2) is 4.87 Å². The average molecular weight is 451 g/mol. The maximum Gasteiger partial charge on any atom is 0.241 e. The van der Waals surface area contributed by atoms with Gasteiger partial charge in [-0.15, -0.1) is 0 Å². The van der Waals surface area contributed by atoms with Gasteiger partial charge in [0.05, 0.1) is 6.61 Å². The van der Waals surface area contributed by atoms with Crippen LogP contribution in [-0.2, 0) is 9.67 Å². The number of ether oxygens (including phenoxy) is 1. The average Bonchev–Trinajstić information content (AvgIpc) is 3.11. The lowest BCUT2D eigenvalue weighted by Gasteiger charge is -2.44. The van der Waals surface area contributed by atoms with E-state index in [1.165, 1.54) is 25.1 Å². The molecule has 0 saturated carbocycles. The molecule has 2 atom stereocenters. The van der Waals surface area contributed by atoms with Crippen LogP contribution in [-0.4, -0.2) is 34.0 Å². The second kappa shape index (κ2) is 7.88. The molecule has 4 rings (SSSR count). The van der Waals surface area contributed by atoms with E-state index in [1.807, 2.05) is 0 Å². The first kappa shape index (κ1) is 21.2. The summed E-state index contributed by atoms with van der Waals surface area (Å²) < 4.78 is 48.2. The Balaban J connectivity index is 1.89. The van der Waals surface area contributed by atoms with Crippen LogP contribution in [0.5, 0.6) is 5.75 Å². The normalized spacial score (nSPS) is 22.1. The predicted molar refractivity (Wildman–Crippen MR) is 107 cm³/mol. The Kier molecular flexibility index (Phi) is 5.38. The van der Waals surface area contributed by atoms with E-state index in [-0.39, 0.29) is 34.9 Å². The number of hydrogen-bond acceptors (Lipinski definition) is 6. The molecule has 1 spiro atoms. The van der Waals surface area contributed by atoms with Gasteiger partial charge in [0.1, 0.15) is 28.2 Å². The third-order valence-corrected chi connectivity index (χ3v) is 6.73. The van der Waals surface area contributed by atoms with Crippen LogP contribution in [0.2, 0.25) is 0 Å². The van der Waals surface area contributed by atoms with Crippen molar-refractivity contribution in [3.8, 4) is 5.75 Å². The van der Waals surface area contributed by atoms with Crippen molar-refractivity contribution in [3.63, 3.8) is 0 Å². The van der Waals surface area contributed by atoms with Crippen LogP contribution in [0, 0.1) is 33.5 Å². The summed E-state index contributed by atoms with van der Waals surface area (Å²) in [6.07, 6.45) is -0.00579. The maximum absolute atomic E-state index is 14.5. The van der Waals surface area contributed by atoms with E-state index in [9.17, 15) is 28.1 Å². The molecule has 0 unspecified atom stereocenters. The molecule has 0 bridgehead atoms. The lowest BCUT2D eigenvalue weighted by Crippen LogP contribution is -2.51. The molecule has 11 heteroatoms. The molecule has 1 amide bonds. The molecule has 2 aliphatic rings. The fourth-order valence-electron chi connectivity index (χ4n) is 3.85. The first-order valence-corrected chi connectivity index (χ1v) is 10.1. The van der Waals surface area contributed by atoms with E-state index in [0.717, 1.165) is 35.0 Å². The van der Waals surface area contributed by atoms with Gasteiger partial charge in [-0.1, -0.05) is 11.8 Å². The number of amides is 1. The Bertz CT molecular complexity index is 1110. The van der Waals surface area contributed by atoms with Crippen LogP contribution in [0.15, 0.2) is 41.5 Å². The minimum atomic E-state index is -1.41. The highest BCUT2D eigenvalue weighted by Crippen LogP contribution is 2.57. The first-order chi connectivity index (χ1) is 14.7. The van der Waals surface area contributed by atoms with Crippen LogP contribution in [0.1, 0.15) is 24.5 Å². The van der Waals surface area contributed by atoms with E-state index in [1.54, 1.807) is 0 Å². The standard InChI is InChI=1S/C20H16F3N3O4S/c1-11(27)26-20(31-19(24-26)15-8-13(21)2-4-17(15)23)12(6-7-25(28)29)10-30-18-5-3-14(22)9-16(18)20/h2-5,8-9,12H,6-7,10H2,1H3/t12-,20-/m1/s1. The largest absolute Gasteiger partial charge is 0.493 e. The van der Waals surface area contributed by atoms with Gasteiger partial charge in [0.25, 0.3) is 0 Å². The Labute approximate surface area is 179 Å². The number of thioether (sulfide) groups is 1. The lowest BCUT2D eigenvalue weighted by atomic mass is 9.86. The van der Waals surface area contributed by atoms with E-state index in [4.69, 9.17) is 4.74 Å². The van der Waals surface area contributed by atoms with Crippen LogP contribution in [0.4, 0.5) is 13.2 Å². The number of nitro groups is 1. The number of halogens is 3. The molecule has 0 saturated heterocycles. The summed E-state index contributed by atoms with van der Waals surface area (Å²) in [4.78, 5) is 21.7. The molecule has 2 aliphatic heterocycles. The van der Waals surface area contributed by atoms with Gasteiger partial charge in [0, 0.05) is 35.3 Å². The smallest absolute Gasteiger partial charge is 0.241 e. The maximum atomic E-state index is 14.5. The van der Waals surface area contributed by atoms with E-state index < -0.39 is 45.6 Å². The number of benzene rings is 2. The number of nitrogens with zero attached hydrogens (tertiary/aromatic N) is 3. The SMILES string of the molecule is CC(=O)N1N=C(c2cc(F)ccc2F)S[C@]12c1cc(F)ccc1OC[C@H]2CC[N+](=O)[O-]. The van der Waals surface area contributed by atoms with E-state index >= 15 is 0 Å². The number of hydrogen-bond donors (Lipinski definition) is 0. The zero-order valence-electron chi connectivity index (χ0n) is 16.2. The highest BCUT2D eigenvalue weighted by atomic mass is 32.2. The van der Waals surface area contributed by atoms with Crippen molar-refractivity contribution in [2.24, 2.45) is 11.0 Å². The van der Waals surface area contributed by atoms with Crippen molar-refractivity contribution >= 4 is 22.7 Å². The molecule has 0 aromatic heterocycles. The molecule has 0 N–H and O–H groups in total. The van der Waals surface area contributed by atoms with E-state index in [2.05, 4.69) is 5.10 Å². The topological polar surface area (TPSA) is 85.0 Å². The Morgan fingerprint density at radius 3 is 2.71 bits per heavy atom. The van der Waals surface area contributed by atoms with Crippen molar-refractivity contribution < 1.29 is 27.6 Å². The van der Waals surface area contributed by atoms with Gasteiger partial charge in [-0.2, -0.15) is 5.10 Å². The summed E-state index contributed by atoms with van der Waals surface area (Å²) in [6.45, 7) is 0.809. The van der Waals surface area contributed by atoms with Gasteiger partial charge >= 0.3 is 0 Å². The molecule has 2 aromatic carbocycles. The summed E-state index contributed by atoms with van der Waals surface area (Å²) in [5.41, 5.74) is 0.0912. The van der Waals surface area contributed by atoms with Gasteiger partial charge in [-0.05, 0) is 36.4 Å². The monoisotopic (exact) mass is 451 g/mol. The third kappa shape index (κ3) is 3.62. The molecule has 0 fully saturated rings. The first-order valence-electron chi connectivity index (χ1n) is 9.31. The molecule has 31 heavy (non-hydrogen) atoms. The quantitative estimate of drug-likeness (QED) is 0.520. The molecule has 0 radical (unpaired) electrons. The van der Waals surface area contributed by atoms with Crippen molar-refractivity contribution in [1.82, 2.24) is 5.01 Å². The predicted octanol–water partition coefficient (Wildman–Crippen LogP) is 3.89. The number of carbonyl (C=O) groups is 1. The zero-order valence-corrected chi connectivity index (χ0v) is 17.0. The summed E-state index contributed by atoms with van der Waals surface area (Å²) in [7, 11) is 0. The van der Waals surface area contributed by atoms with Crippen molar-refractivity contribution in [3.05, 3.63) is 75.1 Å². The third-order valence-electron chi connectivity index (χ3n) is 5.20. The molecular formula is C20H16F3N3O4S. The van der Waals surface area contributed by atoms with Gasteiger partial charge in [0.2, 0.25) is 12.5 Å². The van der Waals surface area contributed by atoms with Crippen LogP contribution in [0.25, 0.3) is 0 Å². The van der Waals surface area contributed by atoms with Crippen molar-refractivity contribution in [1.29, 1.82) is 0 Å². The van der Waals surface area contributed by atoms with Gasteiger partial charge in [-0.3, -0.25) is 14.9 Å². The van der Waals surface area contributed by atoms with Gasteiger partial charge in [-0.25, -0.2) is 18.2 Å². The summed E-state index contributed by atoms with van der Waals surface area (Å²) in [6, 6.07) is 6.62. The molecular weight excluding hydrogens is 435 g/mol. The minimum absolute atomic E-state index is 0.00230. The summed E-state index contributed by atoms with van der Waals surface area (Å²) in [5, 5.41) is 16.4. The number of fused-ring (bicyclic) bond motifs is 2. The number of hydrazone groups is 1. The molecule has 2 heterocycles. The highest BCUT2D eigenvalue weighted by molar-refractivity contribution is 8.15. The Hall–Kier alpha value is -3.08. The number of rotatable bonds is 4. The van der Waals surface area contributed by atoms with Crippen LogP contribution < -0.4 is 4.74 Å². The lowest BCUT2D eigenvalue weighted by molar-refractivity contribution is -0.482. The zero-order chi connectivity index (χ0) is 22.3. The Morgan fingerprint density at radius 2 is 2.00 bits per heavy atom. The summed E-state index contributed by atoms with van der Waals surface area (Å²) in [5.74, 6) is -2.97.